The number of amides is 1. The van der Waals surface area contributed by atoms with E-state index in [0.29, 0.717) is 17.8 Å². The molecule has 3 heterocycles. The highest BCUT2D eigenvalue weighted by atomic mass is 19.1. The first-order chi connectivity index (χ1) is 15.7. The molecule has 4 rings (SSSR count). The lowest BCUT2D eigenvalue weighted by Gasteiger charge is -2.37. The molecule has 4 unspecified atom stereocenters. The number of hydrogen-bond donors (Lipinski definition) is 2. The van der Waals surface area contributed by atoms with Gasteiger partial charge in [-0.25, -0.2) is 18.2 Å². The van der Waals surface area contributed by atoms with Crippen LogP contribution >= 0.6 is 0 Å². The van der Waals surface area contributed by atoms with E-state index < -0.39 is 40.7 Å². The van der Waals surface area contributed by atoms with E-state index in [2.05, 4.69) is 15.4 Å². The zero-order chi connectivity index (χ0) is 23.9. The van der Waals surface area contributed by atoms with Gasteiger partial charge in [0, 0.05) is 13.1 Å². The van der Waals surface area contributed by atoms with Crippen LogP contribution < -0.4 is 11.1 Å². The van der Waals surface area contributed by atoms with Crippen LogP contribution in [0.15, 0.2) is 36.5 Å². The summed E-state index contributed by atoms with van der Waals surface area (Å²) >= 11 is 0. The summed E-state index contributed by atoms with van der Waals surface area (Å²) in [5.74, 6) is -3.44. The molecule has 2 aromatic heterocycles. The SMILES string of the molecule is CC1OC(c2c(NC(=O)c3ccc(F)c(-c4c(F)cccc4F)n3)cnn2C)CC(N)C1C. The molecule has 7 nitrogen and oxygen atoms in total. The number of nitrogens with one attached hydrogen (secondary N) is 1. The molecule has 1 aromatic carbocycles. The highest BCUT2D eigenvalue weighted by molar-refractivity contribution is 6.03. The smallest absolute Gasteiger partial charge is 0.274 e. The molecule has 1 fully saturated rings. The van der Waals surface area contributed by atoms with Crippen molar-refractivity contribution in [2.24, 2.45) is 18.7 Å². The van der Waals surface area contributed by atoms with Crippen LogP contribution in [-0.2, 0) is 11.8 Å². The number of carbonyl (C=O) groups is 1. The maximum atomic E-state index is 14.4. The van der Waals surface area contributed by atoms with Gasteiger partial charge in [0.15, 0.2) is 0 Å². The predicted octanol–water partition coefficient (Wildman–Crippen LogP) is 3.97. The van der Waals surface area contributed by atoms with Crippen LogP contribution in [-0.4, -0.2) is 32.8 Å². The maximum absolute atomic E-state index is 14.4. The largest absolute Gasteiger partial charge is 0.369 e. The molecule has 0 aliphatic carbocycles. The lowest BCUT2D eigenvalue weighted by atomic mass is 9.88. The van der Waals surface area contributed by atoms with Crippen LogP contribution in [0.25, 0.3) is 11.3 Å². The maximum Gasteiger partial charge on any atom is 0.274 e. The number of nitrogens with zero attached hydrogens (tertiary/aromatic N) is 3. The summed E-state index contributed by atoms with van der Waals surface area (Å²) in [4.78, 5) is 16.8. The minimum absolute atomic E-state index is 0.0887. The van der Waals surface area contributed by atoms with Crippen molar-refractivity contribution in [2.75, 3.05) is 5.32 Å². The fraction of sp³-hybridized carbons (Fsp3) is 0.348. The van der Waals surface area contributed by atoms with Gasteiger partial charge in [0.2, 0.25) is 0 Å². The molecular formula is C23H24F3N5O2. The van der Waals surface area contributed by atoms with Crippen LogP contribution in [0.5, 0.6) is 0 Å². The van der Waals surface area contributed by atoms with Gasteiger partial charge in [-0.3, -0.25) is 9.48 Å². The van der Waals surface area contributed by atoms with Gasteiger partial charge < -0.3 is 15.8 Å². The Balaban J connectivity index is 1.63. The molecule has 0 saturated carbocycles. The van der Waals surface area contributed by atoms with Gasteiger partial charge in [-0.05, 0) is 43.5 Å². The molecular weight excluding hydrogens is 435 g/mol. The Morgan fingerprint density at radius 2 is 1.85 bits per heavy atom. The number of benzene rings is 1. The normalized spacial score (nSPS) is 22.9. The summed E-state index contributed by atoms with van der Waals surface area (Å²) < 4.78 is 50.4. The van der Waals surface area contributed by atoms with Gasteiger partial charge in [-0.2, -0.15) is 5.10 Å². The van der Waals surface area contributed by atoms with Gasteiger partial charge >= 0.3 is 0 Å². The third-order valence-corrected chi connectivity index (χ3v) is 6.10. The average molecular weight is 459 g/mol. The van der Waals surface area contributed by atoms with Crippen molar-refractivity contribution in [1.29, 1.82) is 0 Å². The van der Waals surface area contributed by atoms with E-state index in [-0.39, 0.29) is 23.8 Å². The standard InChI is InChI=1S/C23H24F3N5O2/c1-11-12(2)33-19(9-16(11)27)22-18(10-28-31(22)3)30-23(32)17-8-7-15(26)21(29-17)20-13(24)5-4-6-14(20)25/h4-8,10-12,16,19H,9,27H2,1-3H3,(H,30,32). The van der Waals surface area contributed by atoms with Crippen LogP contribution in [0.2, 0.25) is 0 Å². The molecule has 0 bridgehead atoms. The third kappa shape index (κ3) is 4.36. The lowest BCUT2D eigenvalue weighted by Crippen LogP contribution is -2.43. The first kappa shape index (κ1) is 22.9. The number of carbonyl (C=O) groups excluding carboxylic acids is 1. The Bertz CT molecular complexity index is 1170. The second-order valence-corrected chi connectivity index (χ2v) is 8.23. The van der Waals surface area contributed by atoms with Crippen LogP contribution in [0.3, 0.4) is 0 Å². The summed E-state index contributed by atoms with van der Waals surface area (Å²) in [5, 5.41) is 6.91. The molecule has 174 valence electrons. The van der Waals surface area contributed by atoms with Crippen molar-refractivity contribution in [3.63, 3.8) is 0 Å². The molecule has 1 saturated heterocycles. The van der Waals surface area contributed by atoms with Crippen LogP contribution in [0.1, 0.15) is 42.6 Å². The Morgan fingerprint density at radius 1 is 1.15 bits per heavy atom. The summed E-state index contributed by atoms with van der Waals surface area (Å²) in [5.41, 5.74) is 5.83. The number of aryl methyl sites for hydroxylation is 1. The molecule has 0 spiro atoms. The molecule has 3 aromatic rings. The zero-order valence-electron chi connectivity index (χ0n) is 18.3. The van der Waals surface area contributed by atoms with Gasteiger partial charge in [0.05, 0.1) is 29.2 Å². The minimum atomic E-state index is -0.984. The number of aromatic nitrogens is 3. The molecule has 1 aliphatic rings. The van der Waals surface area contributed by atoms with Crippen LogP contribution in [0.4, 0.5) is 18.9 Å². The van der Waals surface area contributed by atoms with Gasteiger partial charge in [0.1, 0.15) is 34.9 Å². The van der Waals surface area contributed by atoms with Gasteiger partial charge in [-0.15, -0.1) is 0 Å². The van der Waals surface area contributed by atoms with E-state index in [1.807, 2.05) is 13.8 Å². The van der Waals surface area contributed by atoms with Crippen molar-refractivity contribution in [2.45, 2.75) is 38.5 Å². The van der Waals surface area contributed by atoms with Crippen molar-refractivity contribution in [1.82, 2.24) is 14.8 Å². The van der Waals surface area contributed by atoms with E-state index in [1.54, 1.807) is 11.7 Å². The number of hydrogen-bond acceptors (Lipinski definition) is 5. The van der Waals surface area contributed by atoms with Gasteiger partial charge in [-0.1, -0.05) is 13.0 Å². The molecule has 4 atom stereocenters. The Hall–Kier alpha value is -3.24. The Morgan fingerprint density at radius 3 is 2.52 bits per heavy atom. The second kappa shape index (κ2) is 8.95. The van der Waals surface area contributed by atoms with E-state index in [4.69, 9.17) is 10.5 Å². The first-order valence-electron chi connectivity index (χ1n) is 10.5. The second-order valence-electron chi connectivity index (χ2n) is 8.23. The number of halogens is 3. The number of anilines is 1. The third-order valence-electron chi connectivity index (χ3n) is 6.10. The van der Waals surface area contributed by atoms with Gasteiger partial charge in [0.25, 0.3) is 5.91 Å². The van der Waals surface area contributed by atoms with E-state index in [9.17, 15) is 18.0 Å². The summed E-state index contributed by atoms with van der Waals surface area (Å²) in [6, 6.07) is 5.14. The molecule has 1 amide bonds. The van der Waals surface area contributed by atoms with Crippen LogP contribution in [0, 0.1) is 23.4 Å². The monoisotopic (exact) mass is 459 g/mol. The fourth-order valence-corrected chi connectivity index (χ4v) is 4.00. The molecule has 0 radical (unpaired) electrons. The van der Waals surface area contributed by atoms with E-state index >= 15 is 0 Å². The summed E-state index contributed by atoms with van der Waals surface area (Å²) in [6.07, 6.45) is 1.53. The van der Waals surface area contributed by atoms with Crippen molar-refractivity contribution < 1.29 is 22.7 Å². The summed E-state index contributed by atoms with van der Waals surface area (Å²) in [7, 11) is 1.72. The van der Waals surface area contributed by atoms with E-state index in [0.717, 1.165) is 30.3 Å². The first-order valence-corrected chi connectivity index (χ1v) is 10.5. The average Bonchev–Trinajstić information content (AvgIpc) is 3.12. The minimum Gasteiger partial charge on any atom is -0.369 e. The van der Waals surface area contributed by atoms with Crippen molar-refractivity contribution in [3.8, 4) is 11.3 Å². The highest BCUT2D eigenvalue weighted by Gasteiger charge is 2.35. The topological polar surface area (TPSA) is 95.1 Å². The highest BCUT2D eigenvalue weighted by Crippen LogP contribution is 2.37. The van der Waals surface area contributed by atoms with Crippen molar-refractivity contribution in [3.05, 3.63) is 65.4 Å². The molecule has 1 aliphatic heterocycles. The number of nitrogens with two attached hydrogens (primary N) is 1. The zero-order valence-corrected chi connectivity index (χ0v) is 18.3. The Labute approximate surface area is 188 Å². The number of ether oxygens (including phenoxy) is 1. The molecule has 3 N–H and O–H groups in total. The van der Waals surface area contributed by atoms with E-state index in [1.165, 1.54) is 6.20 Å². The Kier molecular flexibility index (Phi) is 6.22. The fourth-order valence-electron chi connectivity index (χ4n) is 4.00. The molecule has 10 heteroatoms. The predicted molar refractivity (Wildman–Crippen MR) is 116 cm³/mol. The summed E-state index contributed by atoms with van der Waals surface area (Å²) in [6.45, 7) is 3.96. The quantitative estimate of drug-likeness (QED) is 0.616. The number of pyridine rings is 1. The van der Waals surface area contributed by atoms with Crippen molar-refractivity contribution >= 4 is 11.6 Å². The number of rotatable bonds is 4. The molecule has 33 heavy (non-hydrogen) atoms. The lowest BCUT2D eigenvalue weighted by molar-refractivity contribution is -0.0820.